The van der Waals surface area contributed by atoms with E-state index in [9.17, 15) is 12.6 Å². The molecular formula is C13H21N3O3S2. The van der Waals surface area contributed by atoms with Gasteiger partial charge in [-0.25, -0.2) is 4.21 Å². The van der Waals surface area contributed by atoms with Crippen LogP contribution in [0.1, 0.15) is 19.3 Å². The van der Waals surface area contributed by atoms with E-state index in [1.807, 2.05) is 0 Å². The van der Waals surface area contributed by atoms with Gasteiger partial charge in [0.25, 0.3) is 0 Å². The molecule has 0 unspecified atom stereocenters. The van der Waals surface area contributed by atoms with Crippen LogP contribution < -0.4 is 4.72 Å². The molecule has 1 aliphatic heterocycles. The number of piperidine rings is 1. The Kier molecular flexibility index (Phi) is 4.90. The monoisotopic (exact) mass is 331 g/mol. The third kappa shape index (κ3) is 4.98. The Balaban J connectivity index is 2.19. The molecule has 1 heterocycles. The minimum absolute atomic E-state index is 0.436. The Hall–Kier alpha value is -1.12. The van der Waals surface area contributed by atoms with Crippen LogP contribution in [0.4, 0.5) is 11.4 Å². The number of rotatable bonds is 4. The minimum Gasteiger partial charge on any atom is -0.271 e. The average molecular weight is 331 g/mol. The van der Waals surface area contributed by atoms with E-state index in [4.69, 9.17) is 0 Å². The molecule has 2 rings (SSSR count). The largest absolute Gasteiger partial charge is 0.301 e. The molecule has 21 heavy (non-hydrogen) atoms. The molecule has 0 spiro atoms. The van der Waals surface area contributed by atoms with Gasteiger partial charge in [0, 0.05) is 35.3 Å². The van der Waals surface area contributed by atoms with Gasteiger partial charge in [0.1, 0.15) is 0 Å². The zero-order chi connectivity index (χ0) is 15.5. The van der Waals surface area contributed by atoms with Crippen LogP contribution in [0.5, 0.6) is 0 Å². The lowest BCUT2D eigenvalue weighted by molar-refractivity contribution is 0.349. The molecule has 0 aliphatic carbocycles. The fourth-order valence-electron chi connectivity index (χ4n) is 2.20. The van der Waals surface area contributed by atoms with E-state index in [2.05, 4.69) is 9.08 Å². The molecular weight excluding hydrogens is 310 g/mol. The smallest absolute Gasteiger partial charge is 0.271 e. The highest BCUT2D eigenvalue weighted by molar-refractivity contribution is 7.92. The van der Waals surface area contributed by atoms with Crippen molar-refractivity contribution in [2.45, 2.75) is 19.3 Å². The topological polar surface area (TPSA) is 78.8 Å². The molecule has 1 aromatic carbocycles. The predicted octanol–water partition coefficient (Wildman–Crippen LogP) is 2.19. The van der Waals surface area contributed by atoms with E-state index in [0.29, 0.717) is 24.5 Å². The number of benzene rings is 1. The molecule has 0 atom stereocenters. The first kappa shape index (κ1) is 16.3. The zero-order valence-corrected chi connectivity index (χ0v) is 13.9. The summed E-state index contributed by atoms with van der Waals surface area (Å²) in [6, 6.07) is 6.64. The number of anilines is 1. The van der Waals surface area contributed by atoms with Crippen molar-refractivity contribution in [3.05, 3.63) is 24.3 Å². The molecule has 1 aromatic rings. The summed E-state index contributed by atoms with van der Waals surface area (Å²) in [6.45, 7) is 1.11. The first-order chi connectivity index (χ1) is 9.76. The van der Waals surface area contributed by atoms with Crippen molar-refractivity contribution in [2.75, 3.05) is 30.3 Å². The third-order valence-electron chi connectivity index (χ3n) is 3.07. The predicted molar refractivity (Wildman–Crippen MR) is 86.5 cm³/mol. The Morgan fingerprint density at radius 3 is 2.38 bits per heavy atom. The quantitative estimate of drug-likeness (QED) is 0.918. The van der Waals surface area contributed by atoms with E-state index < -0.39 is 19.9 Å². The molecule has 8 heteroatoms. The fourth-order valence-corrected chi connectivity index (χ4v) is 4.11. The molecule has 0 saturated carbocycles. The lowest BCUT2D eigenvalue weighted by Gasteiger charge is -2.26. The minimum atomic E-state index is -3.53. The first-order valence-corrected chi connectivity index (χ1v) is 10.6. The van der Waals surface area contributed by atoms with Crippen molar-refractivity contribution in [2.24, 2.45) is 4.36 Å². The van der Waals surface area contributed by atoms with Crippen LogP contribution in [-0.2, 0) is 19.9 Å². The summed E-state index contributed by atoms with van der Waals surface area (Å²) < 4.78 is 44.3. The Morgan fingerprint density at radius 1 is 1.10 bits per heavy atom. The average Bonchev–Trinajstić information content (AvgIpc) is 2.37. The molecule has 0 radical (unpaired) electrons. The maximum atomic E-state index is 12.3. The summed E-state index contributed by atoms with van der Waals surface area (Å²) in [5.41, 5.74) is 0.939. The van der Waals surface area contributed by atoms with Gasteiger partial charge in [-0.15, -0.1) is 0 Å². The van der Waals surface area contributed by atoms with Crippen LogP contribution in [0.3, 0.4) is 0 Å². The first-order valence-electron chi connectivity index (χ1n) is 6.81. The van der Waals surface area contributed by atoms with Crippen LogP contribution in [0.15, 0.2) is 28.6 Å². The molecule has 118 valence electrons. The number of nitrogens with one attached hydrogen (secondary N) is 1. The van der Waals surface area contributed by atoms with Crippen molar-refractivity contribution in [1.29, 1.82) is 0 Å². The van der Waals surface area contributed by atoms with Gasteiger partial charge in [0.2, 0.25) is 0 Å². The van der Waals surface area contributed by atoms with Gasteiger partial charge in [-0.2, -0.15) is 17.1 Å². The van der Waals surface area contributed by atoms with Crippen molar-refractivity contribution in [3.63, 3.8) is 0 Å². The Morgan fingerprint density at radius 2 is 1.76 bits per heavy atom. The van der Waals surface area contributed by atoms with Gasteiger partial charge < -0.3 is 0 Å². The summed E-state index contributed by atoms with van der Waals surface area (Å²) >= 11 is 0. The zero-order valence-electron chi connectivity index (χ0n) is 12.3. The second kappa shape index (κ2) is 6.33. The van der Waals surface area contributed by atoms with Gasteiger partial charge in [-0.05, 0) is 31.0 Å². The van der Waals surface area contributed by atoms with Gasteiger partial charge in [-0.3, -0.25) is 4.72 Å². The lowest BCUT2D eigenvalue weighted by atomic mass is 10.2. The van der Waals surface area contributed by atoms with Crippen LogP contribution >= 0.6 is 0 Å². The van der Waals surface area contributed by atoms with Crippen LogP contribution in [-0.4, -0.2) is 42.5 Å². The Labute approximate surface area is 126 Å². The summed E-state index contributed by atoms with van der Waals surface area (Å²) in [6.07, 6.45) is 5.94. The van der Waals surface area contributed by atoms with Crippen LogP contribution in [0, 0.1) is 0 Å². The van der Waals surface area contributed by atoms with E-state index in [1.165, 1.54) is 16.8 Å². The molecule has 0 bridgehead atoms. The second-order valence-corrected chi connectivity index (χ2v) is 9.61. The molecule has 6 nitrogen and oxygen atoms in total. The van der Waals surface area contributed by atoms with E-state index in [1.54, 1.807) is 24.3 Å². The highest BCUT2D eigenvalue weighted by Crippen LogP contribution is 2.22. The lowest BCUT2D eigenvalue weighted by Crippen LogP contribution is -2.39. The standard InChI is InChI=1S/C13H21N3O3S2/c1-20(2,17)14-12-7-6-8-13(11-12)15-21(18,19)16-9-4-3-5-10-16/h6-8,11,15H,3-5,9-10H2,1-2H3. The highest BCUT2D eigenvalue weighted by atomic mass is 32.2. The molecule has 1 fully saturated rings. The van der Waals surface area contributed by atoms with Crippen molar-refractivity contribution in [1.82, 2.24) is 4.31 Å². The highest BCUT2D eigenvalue weighted by Gasteiger charge is 2.23. The van der Waals surface area contributed by atoms with Crippen LogP contribution in [0.2, 0.25) is 0 Å². The van der Waals surface area contributed by atoms with Gasteiger partial charge in [-0.1, -0.05) is 12.5 Å². The molecule has 1 N–H and O–H groups in total. The molecule has 1 saturated heterocycles. The molecule has 0 amide bonds. The van der Waals surface area contributed by atoms with Crippen molar-refractivity contribution < 1.29 is 12.6 Å². The van der Waals surface area contributed by atoms with Gasteiger partial charge in [0.15, 0.2) is 0 Å². The van der Waals surface area contributed by atoms with Crippen molar-refractivity contribution >= 4 is 31.3 Å². The fraction of sp³-hybridized carbons (Fsp3) is 0.538. The number of hydrogen-bond donors (Lipinski definition) is 1. The molecule has 0 aromatic heterocycles. The van der Waals surface area contributed by atoms with Crippen molar-refractivity contribution in [3.8, 4) is 0 Å². The van der Waals surface area contributed by atoms with Gasteiger partial charge >= 0.3 is 10.2 Å². The summed E-state index contributed by atoms with van der Waals surface area (Å²) in [5, 5.41) is 0. The summed E-state index contributed by atoms with van der Waals surface area (Å²) in [4.78, 5) is 0. The van der Waals surface area contributed by atoms with Gasteiger partial charge in [0.05, 0.1) is 11.4 Å². The second-order valence-electron chi connectivity index (χ2n) is 5.39. The summed E-state index contributed by atoms with van der Waals surface area (Å²) in [7, 11) is -5.80. The SMILES string of the molecule is CS(C)(=O)=Nc1cccc(NS(=O)(=O)N2CCCCC2)c1. The van der Waals surface area contributed by atoms with E-state index in [0.717, 1.165) is 19.3 Å². The maximum Gasteiger partial charge on any atom is 0.301 e. The molecule has 1 aliphatic rings. The van der Waals surface area contributed by atoms with E-state index >= 15 is 0 Å². The summed E-state index contributed by atoms with van der Waals surface area (Å²) in [5.74, 6) is 0. The Bertz CT molecular complexity index is 708. The number of nitrogens with zero attached hydrogens (tertiary/aromatic N) is 2. The number of hydrogen-bond acceptors (Lipinski definition) is 4. The van der Waals surface area contributed by atoms with E-state index in [-0.39, 0.29) is 0 Å². The normalized spacial score (nSPS) is 17.4. The third-order valence-corrected chi connectivity index (χ3v) is 5.26. The van der Waals surface area contributed by atoms with Crippen LogP contribution in [0.25, 0.3) is 0 Å². The maximum absolute atomic E-state index is 12.3.